The minimum atomic E-state index is 0.832. The summed E-state index contributed by atoms with van der Waals surface area (Å²) >= 11 is 0. The summed E-state index contributed by atoms with van der Waals surface area (Å²) in [5, 5.41) is 3.51. The molecule has 82 valence electrons. The molecule has 2 fully saturated rings. The van der Waals surface area contributed by atoms with E-state index >= 15 is 0 Å². The average Bonchev–Trinajstić information content (AvgIpc) is 2.56. The van der Waals surface area contributed by atoms with Crippen LogP contribution in [0, 0.1) is 11.8 Å². The summed E-state index contributed by atoms with van der Waals surface area (Å²) in [5.74, 6) is 1.85. The topological polar surface area (TPSA) is 15.3 Å². The largest absolute Gasteiger partial charge is 0.315 e. The van der Waals surface area contributed by atoms with E-state index in [2.05, 4.69) is 17.1 Å². The van der Waals surface area contributed by atoms with Crippen molar-refractivity contribution in [2.45, 2.75) is 32.6 Å². The van der Waals surface area contributed by atoms with Crippen molar-refractivity contribution in [2.24, 2.45) is 11.8 Å². The molecule has 0 aromatic rings. The molecular formula is C12H24N2. The van der Waals surface area contributed by atoms with Crippen molar-refractivity contribution in [3.05, 3.63) is 0 Å². The van der Waals surface area contributed by atoms with Gasteiger partial charge in [0.05, 0.1) is 0 Å². The lowest BCUT2D eigenvalue weighted by Gasteiger charge is -2.25. The highest BCUT2D eigenvalue weighted by Crippen LogP contribution is 2.25. The van der Waals surface area contributed by atoms with Crippen LogP contribution in [-0.2, 0) is 0 Å². The van der Waals surface area contributed by atoms with E-state index in [9.17, 15) is 0 Å². The van der Waals surface area contributed by atoms with Crippen LogP contribution in [-0.4, -0.2) is 37.6 Å². The summed E-state index contributed by atoms with van der Waals surface area (Å²) in [6.07, 6.45) is 5.93. The standard InChI is InChI=1S/C12H24N2/c1-11-8-13-6-7-14(9-11)10-12-4-2-3-5-12/h11-13H,2-10H2,1H3. The molecule has 0 amide bonds. The first-order chi connectivity index (χ1) is 6.84. The van der Waals surface area contributed by atoms with Gasteiger partial charge >= 0.3 is 0 Å². The highest BCUT2D eigenvalue weighted by molar-refractivity contribution is 4.76. The lowest BCUT2D eigenvalue weighted by molar-refractivity contribution is 0.225. The molecule has 0 bridgehead atoms. The molecule has 0 aromatic carbocycles. The predicted octanol–water partition coefficient (Wildman–Crippen LogP) is 1.72. The Labute approximate surface area is 88.1 Å². The van der Waals surface area contributed by atoms with Crippen LogP contribution >= 0.6 is 0 Å². The maximum atomic E-state index is 3.51. The van der Waals surface area contributed by atoms with E-state index in [-0.39, 0.29) is 0 Å². The van der Waals surface area contributed by atoms with Crippen LogP contribution in [0.1, 0.15) is 32.6 Å². The molecule has 2 nitrogen and oxygen atoms in total. The average molecular weight is 196 g/mol. The van der Waals surface area contributed by atoms with Crippen molar-refractivity contribution in [3.8, 4) is 0 Å². The van der Waals surface area contributed by atoms with Gasteiger partial charge in [0, 0.05) is 26.2 Å². The number of hydrogen-bond acceptors (Lipinski definition) is 2. The molecule has 0 aromatic heterocycles. The number of hydrogen-bond donors (Lipinski definition) is 1. The molecule has 1 N–H and O–H groups in total. The Kier molecular flexibility index (Phi) is 3.82. The van der Waals surface area contributed by atoms with Gasteiger partial charge in [0.2, 0.25) is 0 Å². The molecule has 2 aliphatic rings. The molecule has 2 rings (SSSR count). The van der Waals surface area contributed by atoms with Crippen LogP contribution in [0.5, 0.6) is 0 Å². The van der Waals surface area contributed by atoms with Crippen molar-refractivity contribution < 1.29 is 0 Å². The van der Waals surface area contributed by atoms with Gasteiger partial charge in [-0.25, -0.2) is 0 Å². The molecule has 1 unspecified atom stereocenters. The monoisotopic (exact) mass is 196 g/mol. The van der Waals surface area contributed by atoms with Gasteiger partial charge in [-0.05, 0) is 31.2 Å². The maximum absolute atomic E-state index is 3.51. The van der Waals surface area contributed by atoms with Gasteiger partial charge in [0.1, 0.15) is 0 Å². The molecule has 1 saturated heterocycles. The molecule has 1 aliphatic carbocycles. The van der Waals surface area contributed by atoms with E-state index in [0.29, 0.717) is 0 Å². The second-order valence-electron chi connectivity index (χ2n) is 5.22. The van der Waals surface area contributed by atoms with E-state index in [0.717, 1.165) is 11.8 Å². The zero-order chi connectivity index (χ0) is 9.80. The van der Waals surface area contributed by atoms with Crippen LogP contribution in [0.3, 0.4) is 0 Å². The molecule has 0 spiro atoms. The number of nitrogens with one attached hydrogen (secondary N) is 1. The first-order valence-electron chi connectivity index (χ1n) is 6.27. The van der Waals surface area contributed by atoms with Crippen molar-refractivity contribution in [1.82, 2.24) is 10.2 Å². The fourth-order valence-corrected chi connectivity index (χ4v) is 2.91. The van der Waals surface area contributed by atoms with Crippen LogP contribution in [0.4, 0.5) is 0 Å². The predicted molar refractivity (Wildman–Crippen MR) is 60.4 cm³/mol. The fraction of sp³-hybridized carbons (Fsp3) is 1.00. The molecule has 1 heterocycles. The third-order valence-corrected chi connectivity index (χ3v) is 3.66. The van der Waals surface area contributed by atoms with Gasteiger partial charge in [-0.15, -0.1) is 0 Å². The minimum Gasteiger partial charge on any atom is -0.315 e. The van der Waals surface area contributed by atoms with Gasteiger partial charge < -0.3 is 10.2 Å². The van der Waals surface area contributed by atoms with Crippen molar-refractivity contribution >= 4 is 0 Å². The van der Waals surface area contributed by atoms with Crippen LogP contribution < -0.4 is 5.32 Å². The van der Waals surface area contributed by atoms with Crippen molar-refractivity contribution in [3.63, 3.8) is 0 Å². The van der Waals surface area contributed by atoms with Crippen LogP contribution in [0.25, 0.3) is 0 Å². The lowest BCUT2D eigenvalue weighted by Crippen LogP contribution is -2.33. The van der Waals surface area contributed by atoms with Gasteiger partial charge in [0.15, 0.2) is 0 Å². The number of rotatable bonds is 2. The normalized spacial score (nSPS) is 31.9. The SMILES string of the molecule is CC1CNCCN(CC2CCCC2)C1. The Morgan fingerprint density at radius 1 is 1.29 bits per heavy atom. The first-order valence-corrected chi connectivity index (χ1v) is 6.27. The third kappa shape index (κ3) is 2.96. The summed E-state index contributed by atoms with van der Waals surface area (Å²) in [6, 6.07) is 0. The Morgan fingerprint density at radius 3 is 2.86 bits per heavy atom. The van der Waals surface area contributed by atoms with Gasteiger partial charge in [-0.3, -0.25) is 0 Å². The number of nitrogens with zero attached hydrogens (tertiary/aromatic N) is 1. The second-order valence-corrected chi connectivity index (χ2v) is 5.22. The lowest BCUT2D eigenvalue weighted by atomic mass is 10.1. The highest BCUT2D eigenvalue weighted by Gasteiger charge is 2.20. The first kappa shape index (κ1) is 10.4. The zero-order valence-corrected chi connectivity index (χ0v) is 9.47. The Morgan fingerprint density at radius 2 is 2.07 bits per heavy atom. The maximum Gasteiger partial charge on any atom is 0.0107 e. The van der Waals surface area contributed by atoms with Gasteiger partial charge in [0.25, 0.3) is 0 Å². The summed E-state index contributed by atoms with van der Waals surface area (Å²) in [6.45, 7) is 8.70. The zero-order valence-electron chi connectivity index (χ0n) is 9.47. The van der Waals surface area contributed by atoms with Gasteiger partial charge in [-0.1, -0.05) is 19.8 Å². The molecule has 1 saturated carbocycles. The molecule has 0 radical (unpaired) electrons. The molecule has 1 atom stereocenters. The summed E-state index contributed by atoms with van der Waals surface area (Å²) in [7, 11) is 0. The Bertz CT molecular complexity index is 164. The fourth-order valence-electron chi connectivity index (χ4n) is 2.91. The minimum absolute atomic E-state index is 0.832. The molecule has 2 heteroatoms. The summed E-state index contributed by atoms with van der Waals surface area (Å²) in [4.78, 5) is 2.68. The highest BCUT2D eigenvalue weighted by atomic mass is 15.2. The van der Waals surface area contributed by atoms with Gasteiger partial charge in [-0.2, -0.15) is 0 Å². The van der Waals surface area contributed by atoms with E-state index in [4.69, 9.17) is 0 Å². The molecule has 14 heavy (non-hydrogen) atoms. The van der Waals surface area contributed by atoms with E-state index in [1.807, 2.05) is 0 Å². The van der Waals surface area contributed by atoms with E-state index in [1.54, 1.807) is 0 Å². The Balaban J connectivity index is 1.77. The third-order valence-electron chi connectivity index (χ3n) is 3.66. The quantitative estimate of drug-likeness (QED) is 0.723. The summed E-state index contributed by atoms with van der Waals surface area (Å²) < 4.78 is 0. The second kappa shape index (κ2) is 5.13. The van der Waals surface area contributed by atoms with E-state index < -0.39 is 0 Å². The van der Waals surface area contributed by atoms with Crippen LogP contribution in [0.2, 0.25) is 0 Å². The van der Waals surface area contributed by atoms with Crippen LogP contribution in [0.15, 0.2) is 0 Å². The molecule has 1 aliphatic heterocycles. The smallest absolute Gasteiger partial charge is 0.0107 e. The van der Waals surface area contributed by atoms with Crippen molar-refractivity contribution in [2.75, 3.05) is 32.7 Å². The van der Waals surface area contributed by atoms with Crippen molar-refractivity contribution in [1.29, 1.82) is 0 Å². The summed E-state index contributed by atoms with van der Waals surface area (Å²) in [5.41, 5.74) is 0. The van der Waals surface area contributed by atoms with E-state index in [1.165, 1.54) is 58.4 Å². The molecular weight excluding hydrogens is 172 g/mol. The Hall–Kier alpha value is -0.0800.